The molecule has 0 heterocycles. The Morgan fingerprint density at radius 3 is 1.79 bits per heavy atom. The van der Waals surface area contributed by atoms with Gasteiger partial charge in [0.2, 0.25) is 17.7 Å². The van der Waals surface area contributed by atoms with Gasteiger partial charge in [-0.2, -0.15) is 0 Å². The lowest BCUT2D eigenvalue weighted by Gasteiger charge is -2.24. The van der Waals surface area contributed by atoms with E-state index in [-0.39, 0.29) is 6.42 Å². The molecule has 29 heavy (non-hydrogen) atoms. The van der Waals surface area contributed by atoms with Crippen LogP contribution in [0.1, 0.15) is 33.6 Å². The fourth-order valence-corrected chi connectivity index (χ4v) is 2.07. The van der Waals surface area contributed by atoms with Crippen molar-refractivity contribution in [1.82, 2.24) is 16.0 Å². The first kappa shape index (κ1) is 26.2. The molecule has 0 saturated carbocycles. The highest BCUT2D eigenvalue weighted by atomic mass is 16.4. The predicted molar refractivity (Wildman–Crippen MR) is 97.3 cm³/mol. The van der Waals surface area contributed by atoms with Crippen LogP contribution in [0.2, 0.25) is 0 Å². The maximum Gasteiger partial charge on any atom is 0.328 e. The van der Waals surface area contributed by atoms with Gasteiger partial charge in [0, 0.05) is 6.42 Å². The Hall–Kier alpha value is -2.77. The predicted octanol–water partition coefficient (Wildman–Crippen LogP) is -3.50. The van der Waals surface area contributed by atoms with Crippen LogP contribution in [0.15, 0.2) is 0 Å². The summed E-state index contributed by atoms with van der Waals surface area (Å²) in [5.41, 5.74) is 5.47. The third-order valence-electron chi connectivity index (χ3n) is 3.90. The molecule has 13 nitrogen and oxygen atoms in total. The number of aliphatic hydroxyl groups is 2. The summed E-state index contributed by atoms with van der Waals surface area (Å²) in [6.45, 7) is 3.64. The third kappa shape index (κ3) is 9.32. The Morgan fingerprint density at radius 1 is 0.828 bits per heavy atom. The van der Waals surface area contributed by atoms with E-state index in [9.17, 15) is 34.2 Å². The molecule has 0 bridgehead atoms. The zero-order valence-corrected chi connectivity index (χ0v) is 16.3. The Morgan fingerprint density at radius 2 is 1.38 bits per heavy atom. The van der Waals surface area contributed by atoms with E-state index in [0.717, 1.165) is 6.92 Å². The number of amides is 3. The molecule has 0 aliphatic heterocycles. The number of aliphatic carboxylic acids is 2. The molecule has 0 saturated heterocycles. The molecule has 0 aromatic carbocycles. The maximum atomic E-state index is 12.4. The first-order chi connectivity index (χ1) is 13.3. The van der Waals surface area contributed by atoms with Crippen molar-refractivity contribution >= 4 is 29.7 Å². The number of carbonyl (C=O) groups excluding carboxylic acids is 3. The number of nitrogens with two attached hydrogens (primary N) is 1. The molecule has 0 fully saturated rings. The first-order valence-electron chi connectivity index (χ1n) is 8.75. The van der Waals surface area contributed by atoms with E-state index >= 15 is 0 Å². The zero-order valence-electron chi connectivity index (χ0n) is 16.3. The van der Waals surface area contributed by atoms with E-state index in [4.69, 9.17) is 15.9 Å². The number of carboxylic acid groups (broad SMARTS) is 2. The summed E-state index contributed by atoms with van der Waals surface area (Å²) in [4.78, 5) is 58.2. The van der Waals surface area contributed by atoms with Gasteiger partial charge in [-0.25, -0.2) is 4.79 Å². The molecule has 0 aromatic rings. The monoisotopic (exact) mass is 420 g/mol. The summed E-state index contributed by atoms with van der Waals surface area (Å²) >= 11 is 0. The summed E-state index contributed by atoms with van der Waals surface area (Å²) < 4.78 is 0. The van der Waals surface area contributed by atoms with Crippen LogP contribution in [0, 0.1) is 0 Å². The summed E-state index contributed by atoms with van der Waals surface area (Å²) in [7, 11) is 0. The van der Waals surface area contributed by atoms with Crippen LogP contribution in [0.25, 0.3) is 0 Å². The minimum atomic E-state index is -1.60. The van der Waals surface area contributed by atoms with Crippen LogP contribution in [-0.4, -0.2) is 86.5 Å². The average molecular weight is 420 g/mol. The fraction of sp³-hybridized carbons (Fsp3) is 0.688. The number of carboxylic acids is 2. The average Bonchev–Trinajstić information content (AvgIpc) is 2.60. The van der Waals surface area contributed by atoms with Crippen molar-refractivity contribution in [3.63, 3.8) is 0 Å². The Labute approximate surface area is 166 Å². The normalized spacial score (nSPS) is 17.0. The molecule has 6 unspecified atom stereocenters. The molecule has 0 aliphatic carbocycles. The molecule has 0 radical (unpaired) electrons. The van der Waals surface area contributed by atoms with E-state index in [1.165, 1.54) is 13.8 Å². The van der Waals surface area contributed by atoms with E-state index in [1.807, 2.05) is 5.32 Å². The molecular formula is C16H28N4O9. The number of hydrogen-bond donors (Lipinski definition) is 8. The lowest BCUT2D eigenvalue weighted by molar-refractivity contribution is -0.145. The highest BCUT2D eigenvalue weighted by molar-refractivity contribution is 5.94. The molecule has 166 valence electrons. The minimum absolute atomic E-state index is 0.320. The summed E-state index contributed by atoms with van der Waals surface area (Å²) in [6.07, 6.45) is -3.43. The quantitative estimate of drug-likeness (QED) is 0.155. The largest absolute Gasteiger partial charge is 0.481 e. The molecular weight excluding hydrogens is 392 g/mol. The second-order valence-electron chi connectivity index (χ2n) is 6.56. The fourth-order valence-electron chi connectivity index (χ4n) is 2.07. The van der Waals surface area contributed by atoms with Gasteiger partial charge >= 0.3 is 11.9 Å². The molecule has 3 amide bonds. The molecule has 9 N–H and O–H groups in total. The highest BCUT2D eigenvalue weighted by Crippen LogP contribution is 2.02. The van der Waals surface area contributed by atoms with Crippen molar-refractivity contribution in [2.75, 3.05) is 0 Å². The lowest BCUT2D eigenvalue weighted by Crippen LogP contribution is -2.58. The van der Waals surface area contributed by atoms with Gasteiger partial charge in [0.1, 0.15) is 18.1 Å². The smallest absolute Gasteiger partial charge is 0.328 e. The van der Waals surface area contributed by atoms with Crippen LogP contribution < -0.4 is 21.7 Å². The van der Waals surface area contributed by atoms with Crippen molar-refractivity contribution in [2.24, 2.45) is 5.73 Å². The lowest BCUT2D eigenvalue weighted by atomic mass is 10.1. The van der Waals surface area contributed by atoms with Crippen LogP contribution in [-0.2, 0) is 24.0 Å². The van der Waals surface area contributed by atoms with Crippen molar-refractivity contribution in [2.45, 2.75) is 70.0 Å². The second-order valence-corrected chi connectivity index (χ2v) is 6.56. The topological polar surface area (TPSA) is 228 Å². The van der Waals surface area contributed by atoms with Crippen LogP contribution in [0.4, 0.5) is 0 Å². The number of rotatable bonds is 12. The molecule has 6 atom stereocenters. The summed E-state index contributed by atoms with van der Waals surface area (Å²) in [5, 5.41) is 43.0. The Balaban J connectivity index is 5.13. The van der Waals surface area contributed by atoms with Crippen molar-refractivity contribution < 1.29 is 44.4 Å². The maximum absolute atomic E-state index is 12.4. The van der Waals surface area contributed by atoms with E-state index < -0.39 is 72.5 Å². The molecule has 0 aromatic heterocycles. The van der Waals surface area contributed by atoms with Gasteiger partial charge in [0.05, 0.1) is 12.2 Å². The number of aliphatic hydroxyl groups excluding tert-OH is 2. The first-order valence-corrected chi connectivity index (χ1v) is 8.75. The molecule has 13 heteroatoms. The molecule has 0 spiro atoms. The second kappa shape index (κ2) is 11.9. The van der Waals surface area contributed by atoms with Gasteiger partial charge in [-0.3, -0.25) is 19.2 Å². The summed E-state index contributed by atoms with van der Waals surface area (Å²) in [5.74, 6) is -5.45. The Bertz CT molecular complexity index is 624. The van der Waals surface area contributed by atoms with Crippen LogP contribution >= 0.6 is 0 Å². The molecule has 0 rings (SSSR count). The van der Waals surface area contributed by atoms with Gasteiger partial charge < -0.3 is 42.1 Å². The van der Waals surface area contributed by atoms with Gasteiger partial charge in [0.15, 0.2) is 6.04 Å². The standard InChI is InChI=1S/C16H28N4O9/c1-6(13(25)20-12(8(3)22)16(28)29)18-14(26)9(4-5-10(23)24)19-15(27)11(17)7(2)21/h6-9,11-12,21-22H,4-5,17H2,1-3H3,(H,18,26)(H,19,27)(H,20,25)(H,23,24)(H,28,29). The van der Waals surface area contributed by atoms with Crippen molar-refractivity contribution in [3.8, 4) is 0 Å². The van der Waals surface area contributed by atoms with Crippen molar-refractivity contribution in [1.29, 1.82) is 0 Å². The van der Waals surface area contributed by atoms with E-state index in [2.05, 4.69) is 10.6 Å². The molecule has 0 aliphatic rings. The zero-order chi connectivity index (χ0) is 22.9. The van der Waals surface area contributed by atoms with Crippen molar-refractivity contribution in [3.05, 3.63) is 0 Å². The van der Waals surface area contributed by atoms with Crippen LogP contribution in [0.5, 0.6) is 0 Å². The van der Waals surface area contributed by atoms with Gasteiger partial charge in [-0.1, -0.05) is 0 Å². The van der Waals surface area contributed by atoms with Gasteiger partial charge in [-0.15, -0.1) is 0 Å². The summed E-state index contributed by atoms with van der Waals surface area (Å²) in [6, 6.07) is -5.60. The van der Waals surface area contributed by atoms with Gasteiger partial charge in [-0.05, 0) is 27.2 Å². The van der Waals surface area contributed by atoms with Crippen LogP contribution in [0.3, 0.4) is 0 Å². The SMILES string of the molecule is CC(NC(=O)C(CCC(=O)O)NC(=O)C(N)C(C)O)C(=O)NC(C(=O)O)C(C)O. The number of carbonyl (C=O) groups is 5. The number of nitrogens with one attached hydrogen (secondary N) is 3. The van der Waals surface area contributed by atoms with E-state index in [0.29, 0.717) is 0 Å². The Kier molecular flexibility index (Phi) is 10.8. The van der Waals surface area contributed by atoms with Gasteiger partial charge in [0.25, 0.3) is 0 Å². The highest BCUT2D eigenvalue weighted by Gasteiger charge is 2.30. The minimum Gasteiger partial charge on any atom is -0.481 e. The third-order valence-corrected chi connectivity index (χ3v) is 3.90. The van der Waals surface area contributed by atoms with E-state index in [1.54, 1.807) is 0 Å². The number of hydrogen-bond acceptors (Lipinski definition) is 8.